The number of imide groups is 1. The third kappa shape index (κ3) is 3.80. The first-order valence-corrected chi connectivity index (χ1v) is 10.4. The van der Waals surface area contributed by atoms with Gasteiger partial charge in [0.1, 0.15) is 5.70 Å². The summed E-state index contributed by atoms with van der Waals surface area (Å²) in [7, 11) is 0. The quantitative estimate of drug-likeness (QED) is 0.403. The van der Waals surface area contributed by atoms with E-state index in [2.05, 4.69) is 11.8 Å². The van der Waals surface area contributed by atoms with Gasteiger partial charge in [-0.1, -0.05) is 30.7 Å². The molecule has 2 aliphatic rings. The Hall–Kier alpha value is -3.23. The van der Waals surface area contributed by atoms with Gasteiger partial charge in [0, 0.05) is 38.3 Å². The molecular weight excluding hydrogens is 420 g/mol. The number of anilines is 1. The molecule has 0 aliphatic carbocycles. The number of nitrogens with zero attached hydrogens (tertiary/aromatic N) is 4. The second-order valence-corrected chi connectivity index (χ2v) is 7.75. The van der Waals surface area contributed by atoms with Crippen LogP contribution < -0.4 is 4.90 Å². The largest absolute Gasteiger partial charge is 0.364 e. The molecular formula is C22H21ClN4O4. The lowest BCUT2D eigenvalue weighted by atomic mass is 10.0. The minimum atomic E-state index is -0.499. The van der Waals surface area contributed by atoms with Crippen LogP contribution in [0.5, 0.6) is 0 Å². The molecule has 2 heterocycles. The Morgan fingerprint density at radius 1 is 0.968 bits per heavy atom. The van der Waals surface area contributed by atoms with Gasteiger partial charge in [0.25, 0.3) is 17.5 Å². The predicted molar refractivity (Wildman–Crippen MR) is 118 cm³/mol. The molecule has 0 spiro atoms. The number of para-hydroxylation sites is 1. The van der Waals surface area contributed by atoms with Crippen LogP contribution in [-0.4, -0.2) is 59.3 Å². The fraction of sp³-hybridized carbons (Fsp3) is 0.273. The van der Waals surface area contributed by atoms with E-state index < -0.39 is 16.7 Å². The van der Waals surface area contributed by atoms with E-state index >= 15 is 0 Å². The lowest BCUT2D eigenvalue weighted by Gasteiger charge is -2.36. The standard InChI is InChI=1S/C22H21ClN4O4/c1-2-24-11-13-25(14-12-24)20-19(15-7-9-16(10-8-15)27(30)31)21(28)26(22(20)29)18-6-4-3-5-17(18)23/h3-10H,2,11-14H2,1H3. The molecule has 0 N–H and O–H groups in total. The van der Waals surface area contributed by atoms with E-state index in [-0.39, 0.29) is 11.3 Å². The molecule has 2 aliphatic heterocycles. The number of amides is 2. The molecule has 0 saturated carbocycles. The summed E-state index contributed by atoms with van der Waals surface area (Å²) >= 11 is 6.30. The van der Waals surface area contributed by atoms with Crippen molar-refractivity contribution in [3.8, 4) is 0 Å². The third-order valence-corrected chi connectivity index (χ3v) is 5.97. The molecule has 31 heavy (non-hydrogen) atoms. The zero-order valence-electron chi connectivity index (χ0n) is 17.0. The second-order valence-electron chi connectivity index (χ2n) is 7.35. The number of hydrogen-bond donors (Lipinski definition) is 0. The summed E-state index contributed by atoms with van der Waals surface area (Å²) in [5, 5.41) is 11.3. The van der Waals surface area contributed by atoms with Gasteiger partial charge in [-0.2, -0.15) is 0 Å². The maximum absolute atomic E-state index is 13.5. The van der Waals surface area contributed by atoms with Gasteiger partial charge in [-0.05, 0) is 36.4 Å². The van der Waals surface area contributed by atoms with E-state index in [4.69, 9.17) is 11.6 Å². The molecule has 1 fully saturated rings. The number of non-ortho nitro benzene ring substituents is 1. The second kappa shape index (κ2) is 8.49. The fourth-order valence-electron chi connectivity index (χ4n) is 3.96. The maximum atomic E-state index is 13.5. The summed E-state index contributed by atoms with van der Waals surface area (Å²) in [6.07, 6.45) is 0. The molecule has 0 atom stereocenters. The van der Waals surface area contributed by atoms with Gasteiger partial charge in [0.2, 0.25) is 0 Å². The summed E-state index contributed by atoms with van der Waals surface area (Å²) in [5.41, 5.74) is 1.26. The lowest BCUT2D eigenvalue weighted by Crippen LogP contribution is -2.47. The van der Waals surface area contributed by atoms with Gasteiger partial charge in [-0.25, -0.2) is 4.90 Å². The number of likely N-dealkylation sites (N-methyl/N-ethyl adjacent to an activating group) is 1. The number of rotatable bonds is 5. The van der Waals surface area contributed by atoms with Crippen LogP contribution in [0.3, 0.4) is 0 Å². The van der Waals surface area contributed by atoms with Gasteiger partial charge >= 0.3 is 0 Å². The molecule has 2 aromatic carbocycles. The van der Waals surface area contributed by atoms with Crippen molar-refractivity contribution in [1.82, 2.24) is 9.80 Å². The summed E-state index contributed by atoms with van der Waals surface area (Å²) in [6.45, 7) is 5.77. The minimum absolute atomic E-state index is 0.0813. The van der Waals surface area contributed by atoms with Crippen LogP contribution >= 0.6 is 11.6 Å². The van der Waals surface area contributed by atoms with Crippen molar-refractivity contribution in [1.29, 1.82) is 0 Å². The van der Waals surface area contributed by atoms with Crippen LogP contribution in [0.4, 0.5) is 11.4 Å². The Labute approximate surface area is 184 Å². The van der Waals surface area contributed by atoms with Crippen LogP contribution in [0.1, 0.15) is 12.5 Å². The first-order chi connectivity index (χ1) is 14.9. The molecule has 0 bridgehead atoms. The number of benzene rings is 2. The molecule has 4 rings (SSSR count). The van der Waals surface area contributed by atoms with Crippen molar-refractivity contribution in [3.05, 3.63) is 74.9 Å². The number of hydrogen-bond acceptors (Lipinski definition) is 6. The zero-order valence-corrected chi connectivity index (χ0v) is 17.7. The van der Waals surface area contributed by atoms with E-state index in [1.165, 1.54) is 24.3 Å². The molecule has 2 aromatic rings. The predicted octanol–water partition coefficient (Wildman–Crippen LogP) is 3.17. The highest BCUT2D eigenvalue weighted by Gasteiger charge is 2.43. The van der Waals surface area contributed by atoms with Crippen LogP contribution in [0.2, 0.25) is 5.02 Å². The van der Waals surface area contributed by atoms with Crippen LogP contribution in [0.25, 0.3) is 5.57 Å². The third-order valence-electron chi connectivity index (χ3n) is 5.66. The highest BCUT2D eigenvalue weighted by molar-refractivity contribution is 6.47. The molecule has 2 amide bonds. The van der Waals surface area contributed by atoms with Crippen molar-refractivity contribution in [2.45, 2.75) is 6.92 Å². The Kier molecular flexibility index (Phi) is 5.75. The fourth-order valence-corrected chi connectivity index (χ4v) is 4.18. The van der Waals surface area contributed by atoms with Gasteiger partial charge in [0.05, 0.1) is 21.2 Å². The first kappa shape index (κ1) is 21.0. The van der Waals surface area contributed by atoms with E-state index in [9.17, 15) is 19.7 Å². The van der Waals surface area contributed by atoms with Gasteiger partial charge < -0.3 is 9.80 Å². The molecule has 160 valence electrons. The summed E-state index contributed by atoms with van der Waals surface area (Å²) in [6, 6.07) is 12.4. The first-order valence-electron chi connectivity index (χ1n) is 10.0. The van der Waals surface area contributed by atoms with Crippen molar-refractivity contribution in [2.24, 2.45) is 0 Å². The van der Waals surface area contributed by atoms with Gasteiger partial charge in [-0.3, -0.25) is 19.7 Å². The monoisotopic (exact) mass is 440 g/mol. The Bertz CT molecular complexity index is 1080. The maximum Gasteiger partial charge on any atom is 0.282 e. The average molecular weight is 441 g/mol. The summed E-state index contributed by atoms with van der Waals surface area (Å²) in [5.74, 6) is -0.920. The number of carbonyl (C=O) groups is 2. The topological polar surface area (TPSA) is 87.0 Å². The van der Waals surface area contributed by atoms with Crippen LogP contribution in [0.15, 0.2) is 54.2 Å². The molecule has 1 saturated heterocycles. The highest BCUT2D eigenvalue weighted by atomic mass is 35.5. The van der Waals surface area contributed by atoms with Crippen molar-refractivity contribution >= 4 is 40.4 Å². The molecule has 0 unspecified atom stereocenters. The van der Waals surface area contributed by atoms with Gasteiger partial charge in [0.15, 0.2) is 0 Å². The smallest absolute Gasteiger partial charge is 0.282 e. The summed E-state index contributed by atoms with van der Waals surface area (Å²) < 4.78 is 0. The number of piperazine rings is 1. The van der Waals surface area contributed by atoms with E-state index in [0.29, 0.717) is 35.1 Å². The summed E-state index contributed by atoms with van der Waals surface area (Å²) in [4.78, 5) is 42.8. The molecule has 9 heteroatoms. The molecule has 8 nitrogen and oxygen atoms in total. The molecule has 0 radical (unpaired) electrons. The minimum Gasteiger partial charge on any atom is -0.364 e. The van der Waals surface area contributed by atoms with Crippen molar-refractivity contribution in [2.75, 3.05) is 37.6 Å². The average Bonchev–Trinajstić information content (AvgIpc) is 3.04. The normalized spacial score (nSPS) is 17.6. The van der Waals surface area contributed by atoms with Crippen LogP contribution in [-0.2, 0) is 9.59 Å². The van der Waals surface area contributed by atoms with E-state index in [1.807, 2.05) is 4.90 Å². The van der Waals surface area contributed by atoms with Crippen molar-refractivity contribution < 1.29 is 14.5 Å². The number of carbonyl (C=O) groups excluding carboxylic acids is 2. The van der Waals surface area contributed by atoms with Crippen LogP contribution in [0, 0.1) is 10.1 Å². The SMILES string of the molecule is CCN1CCN(C2=C(c3ccc([N+](=O)[O-])cc3)C(=O)N(c3ccccc3Cl)C2=O)CC1. The van der Waals surface area contributed by atoms with E-state index in [1.54, 1.807) is 24.3 Å². The number of halogens is 1. The highest BCUT2D eigenvalue weighted by Crippen LogP contribution is 2.38. The van der Waals surface area contributed by atoms with Gasteiger partial charge in [-0.15, -0.1) is 0 Å². The zero-order chi connectivity index (χ0) is 22.1. The number of nitro groups is 1. The Balaban J connectivity index is 1.79. The van der Waals surface area contributed by atoms with Crippen molar-refractivity contribution in [3.63, 3.8) is 0 Å². The van der Waals surface area contributed by atoms with E-state index in [0.717, 1.165) is 24.5 Å². The molecule has 0 aromatic heterocycles. The number of nitro benzene ring substituents is 1. The lowest BCUT2D eigenvalue weighted by molar-refractivity contribution is -0.384. The Morgan fingerprint density at radius 3 is 2.19 bits per heavy atom. The Morgan fingerprint density at radius 2 is 1.61 bits per heavy atom.